The average molecular weight is 205 g/mol. The summed E-state index contributed by atoms with van der Waals surface area (Å²) in [5.41, 5.74) is 3.40. The third-order valence-corrected chi connectivity index (χ3v) is 3.01. The van der Waals surface area contributed by atoms with Crippen LogP contribution < -0.4 is 4.74 Å². The molecule has 1 aromatic rings. The summed E-state index contributed by atoms with van der Waals surface area (Å²) in [5.74, 6) is 1.19. The van der Waals surface area contributed by atoms with Gasteiger partial charge in [0.1, 0.15) is 5.75 Å². The lowest BCUT2D eigenvalue weighted by Gasteiger charge is -2.22. The van der Waals surface area contributed by atoms with Crippen LogP contribution in [0, 0.1) is 5.92 Å². The molecule has 0 amide bonds. The smallest absolute Gasteiger partial charge is 0.119 e. The zero-order chi connectivity index (χ0) is 10.8. The average Bonchev–Trinajstić information content (AvgIpc) is 2.27. The molecule has 1 N–H and O–H groups in total. The molecule has 0 spiro atoms. The van der Waals surface area contributed by atoms with E-state index in [9.17, 15) is 0 Å². The summed E-state index contributed by atoms with van der Waals surface area (Å²) in [6.07, 6.45) is 1.67. The topological polar surface area (TPSA) is 41.8 Å². The van der Waals surface area contributed by atoms with Crippen molar-refractivity contribution in [3.63, 3.8) is 0 Å². The van der Waals surface area contributed by atoms with Crippen molar-refractivity contribution in [3.05, 3.63) is 29.3 Å². The number of hydrogen-bond acceptors (Lipinski definition) is 3. The second kappa shape index (κ2) is 3.93. The van der Waals surface area contributed by atoms with E-state index in [0.29, 0.717) is 5.92 Å². The molecule has 0 heterocycles. The van der Waals surface area contributed by atoms with Crippen LogP contribution in [0.3, 0.4) is 0 Å². The van der Waals surface area contributed by atoms with Crippen molar-refractivity contribution in [1.82, 2.24) is 0 Å². The maximum Gasteiger partial charge on any atom is 0.119 e. The maximum absolute atomic E-state index is 8.87. The monoisotopic (exact) mass is 205 g/mol. The normalized spacial score (nSPS) is 22.5. The molecule has 2 rings (SSSR count). The van der Waals surface area contributed by atoms with Crippen LogP contribution in [0.15, 0.2) is 23.4 Å². The van der Waals surface area contributed by atoms with Crippen LogP contribution in [-0.4, -0.2) is 18.0 Å². The minimum atomic E-state index is 0.330. The van der Waals surface area contributed by atoms with Gasteiger partial charge in [-0.2, -0.15) is 0 Å². The summed E-state index contributed by atoms with van der Waals surface area (Å²) in [5, 5.41) is 12.2. The van der Waals surface area contributed by atoms with E-state index in [1.807, 2.05) is 12.1 Å². The van der Waals surface area contributed by atoms with Gasteiger partial charge in [-0.3, -0.25) is 0 Å². The van der Waals surface area contributed by atoms with Gasteiger partial charge < -0.3 is 9.94 Å². The lowest BCUT2D eigenvalue weighted by atomic mass is 9.83. The number of oxime groups is 1. The molecule has 1 atom stereocenters. The van der Waals surface area contributed by atoms with Gasteiger partial charge in [-0.25, -0.2) is 0 Å². The van der Waals surface area contributed by atoms with E-state index in [1.54, 1.807) is 7.11 Å². The second-order valence-electron chi connectivity index (χ2n) is 4.01. The summed E-state index contributed by atoms with van der Waals surface area (Å²) in [4.78, 5) is 0. The molecular formula is C12H15NO2. The highest BCUT2D eigenvalue weighted by molar-refractivity contribution is 5.90. The number of hydrogen-bond donors (Lipinski definition) is 1. The van der Waals surface area contributed by atoms with Crippen LogP contribution in [0.5, 0.6) is 5.75 Å². The van der Waals surface area contributed by atoms with Crippen molar-refractivity contribution >= 4 is 5.71 Å². The Hall–Kier alpha value is -1.51. The molecule has 0 aromatic heterocycles. The highest BCUT2D eigenvalue weighted by atomic mass is 16.5. The minimum Gasteiger partial charge on any atom is -0.497 e. The van der Waals surface area contributed by atoms with E-state index in [4.69, 9.17) is 9.94 Å². The first-order valence-corrected chi connectivity index (χ1v) is 5.11. The Morgan fingerprint density at radius 1 is 1.40 bits per heavy atom. The number of nitrogens with zero attached hydrogens (tertiary/aromatic N) is 1. The van der Waals surface area contributed by atoms with Gasteiger partial charge in [0.2, 0.25) is 0 Å². The van der Waals surface area contributed by atoms with Crippen LogP contribution in [0.2, 0.25) is 0 Å². The van der Waals surface area contributed by atoms with Crippen molar-refractivity contribution in [2.45, 2.75) is 19.8 Å². The van der Waals surface area contributed by atoms with Gasteiger partial charge in [0, 0.05) is 12.3 Å². The Bertz CT molecular complexity index is 399. The van der Waals surface area contributed by atoms with E-state index < -0.39 is 0 Å². The Morgan fingerprint density at radius 3 is 2.87 bits per heavy atom. The fraction of sp³-hybridized carbons (Fsp3) is 0.417. The SMILES string of the molecule is COc1ccc2c(c1)CC(=NO)C(C)C2. The molecule has 0 saturated carbocycles. The van der Waals surface area contributed by atoms with Crippen LogP contribution >= 0.6 is 0 Å². The molecule has 15 heavy (non-hydrogen) atoms. The fourth-order valence-corrected chi connectivity index (χ4v) is 2.04. The molecule has 1 aliphatic carbocycles. The summed E-state index contributed by atoms with van der Waals surface area (Å²) in [7, 11) is 1.66. The van der Waals surface area contributed by atoms with Gasteiger partial charge in [0.05, 0.1) is 12.8 Å². The number of rotatable bonds is 1. The van der Waals surface area contributed by atoms with E-state index in [1.165, 1.54) is 11.1 Å². The van der Waals surface area contributed by atoms with E-state index >= 15 is 0 Å². The molecule has 0 radical (unpaired) electrons. The molecule has 0 fully saturated rings. The van der Waals surface area contributed by atoms with Crippen LogP contribution in [-0.2, 0) is 12.8 Å². The van der Waals surface area contributed by atoms with Gasteiger partial charge in [0.15, 0.2) is 0 Å². The van der Waals surface area contributed by atoms with E-state index in [-0.39, 0.29) is 0 Å². The van der Waals surface area contributed by atoms with Gasteiger partial charge >= 0.3 is 0 Å². The first-order valence-electron chi connectivity index (χ1n) is 5.11. The Balaban J connectivity index is 2.37. The second-order valence-corrected chi connectivity index (χ2v) is 4.01. The molecule has 1 unspecified atom stereocenters. The maximum atomic E-state index is 8.87. The molecule has 80 valence electrons. The minimum absolute atomic E-state index is 0.330. The van der Waals surface area contributed by atoms with Gasteiger partial charge in [-0.05, 0) is 29.7 Å². The first kappa shape index (κ1) is 10.0. The van der Waals surface area contributed by atoms with Crippen molar-refractivity contribution < 1.29 is 9.94 Å². The van der Waals surface area contributed by atoms with E-state index in [2.05, 4.69) is 18.1 Å². The van der Waals surface area contributed by atoms with Crippen molar-refractivity contribution in [2.75, 3.05) is 7.11 Å². The predicted octanol–water partition coefficient (Wildman–Crippen LogP) is 2.26. The fourth-order valence-electron chi connectivity index (χ4n) is 2.04. The molecule has 1 aromatic carbocycles. The Labute approximate surface area is 89.4 Å². The van der Waals surface area contributed by atoms with Crippen LogP contribution in [0.25, 0.3) is 0 Å². The quantitative estimate of drug-likeness (QED) is 0.564. The summed E-state index contributed by atoms with van der Waals surface area (Å²) < 4.78 is 5.17. The third kappa shape index (κ3) is 1.82. The number of benzene rings is 1. The van der Waals surface area contributed by atoms with E-state index in [0.717, 1.165) is 24.3 Å². The molecule has 3 heteroatoms. The highest BCUT2D eigenvalue weighted by Gasteiger charge is 2.21. The molecule has 0 aliphatic heterocycles. The number of ether oxygens (including phenoxy) is 1. The first-order chi connectivity index (χ1) is 7.24. The van der Waals surface area contributed by atoms with Crippen molar-refractivity contribution in [3.8, 4) is 5.75 Å². The Kier molecular flexibility index (Phi) is 2.62. The lowest BCUT2D eigenvalue weighted by molar-refractivity contribution is 0.313. The summed E-state index contributed by atoms with van der Waals surface area (Å²) in [6.45, 7) is 2.09. The predicted molar refractivity (Wildman–Crippen MR) is 58.8 cm³/mol. The van der Waals surface area contributed by atoms with Crippen LogP contribution in [0.4, 0.5) is 0 Å². The lowest BCUT2D eigenvalue weighted by Crippen LogP contribution is -2.23. The Morgan fingerprint density at radius 2 is 2.20 bits per heavy atom. The number of methoxy groups -OCH3 is 1. The van der Waals surface area contributed by atoms with Gasteiger partial charge in [-0.15, -0.1) is 0 Å². The molecule has 0 saturated heterocycles. The van der Waals surface area contributed by atoms with Crippen molar-refractivity contribution in [1.29, 1.82) is 0 Å². The molecular weight excluding hydrogens is 190 g/mol. The summed E-state index contributed by atoms with van der Waals surface area (Å²) >= 11 is 0. The van der Waals surface area contributed by atoms with Crippen molar-refractivity contribution in [2.24, 2.45) is 11.1 Å². The van der Waals surface area contributed by atoms with Gasteiger partial charge in [0.25, 0.3) is 0 Å². The molecule has 3 nitrogen and oxygen atoms in total. The molecule has 0 bridgehead atoms. The van der Waals surface area contributed by atoms with Crippen LogP contribution in [0.1, 0.15) is 18.1 Å². The number of fused-ring (bicyclic) bond motifs is 1. The summed E-state index contributed by atoms with van der Waals surface area (Å²) in [6, 6.07) is 6.10. The largest absolute Gasteiger partial charge is 0.497 e. The standard InChI is InChI=1S/C12H15NO2/c1-8-5-9-3-4-11(15-2)6-10(9)7-12(8)13-14/h3-4,6,8,14H,5,7H2,1-2H3. The third-order valence-electron chi connectivity index (χ3n) is 3.01. The molecule has 1 aliphatic rings. The zero-order valence-electron chi connectivity index (χ0n) is 9.03. The zero-order valence-corrected chi connectivity index (χ0v) is 9.03. The highest BCUT2D eigenvalue weighted by Crippen LogP contribution is 2.26. The van der Waals surface area contributed by atoms with Gasteiger partial charge in [-0.1, -0.05) is 18.1 Å².